The maximum absolute atomic E-state index is 5.63. The molecule has 2 radical (unpaired) electrons. The molecule has 1 fully saturated rings. The van der Waals surface area contributed by atoms with Crippen molar-refractivity contribution in [2.24, 2.45) is 0 Å². The van der Waals surface area contributed by atoms with Gasteiger partial charge < -0.3 is 15.1 Å². The zero-order valence-electron chi connectivity index (χ0n) is 18.8. The second-order valence-electron chi connectivity index (χ2n) is 7.10. The molecule has 1 atom stereocenters. The SMILES string of the molecule is Cc1ccc(NC(=S)N2CCN(c3ncccc3C)CC2C)cc1.[B]=CC.[B]=CC. The zero-order valence-corrected chi connectivity index (χ0v) is 19.6. The number of anilines is 2. The summed E-state index contributed by atoms with van der Waals surface area (Å²) < 4.78 is 0. The molecule has 2 heterocycles. The maximum atomic E-state index is 5.63. The number of hydrogen-bond acceptors (Lipinski definition) is 3. The number of thiocarbonyl (C=S) groups is 1. The van der Waals surface area contributed by atoms with E-state index in [-0.39, 0.29) is 0 Å². The fourth-order valence-corrected chi connectivity index (χ4v) is 3.48. The molecule has 1 aliphatic rings. The van der Waals surface area contributed by atoms with Gasteiger partial charge in [-0.3, -0.25) is 0 Å². The predicted molar refractivity (Wildman–Crippen MR) is 140 cm³/mol. The van der Waals surface area contributed by atoms with Crippen LogP contribution in [-0.4, -0.2) is 67.6 Å². The summed E-state index contributed by atoms with van der Waals surface area (Å²) in [4.78, 5) is 9.16. The Balaban J connectivity index is 0.000000672. The Morgan fingerprint density at radius 3 is 2.23 bits per heavy atom. The Kier molecular flexibility index (Phi) is 11.9. The fraction of sp³-hybridized carbons (Fsp3) is 0.391. The van der Waals surface area contributed by atoms with Crippen molar-refractivity contribution in [2.45, 2.75) is 40.7 Å². The summed E-state index contributed by atoms with van der Waals surface area (Å²) in [6.45, 7) is 12.7. The normalized spacial score (nSPS) is 15.0. The van der Waals surface area contributed by atoms with Crippen LogP contribution in [0.3, 0.4) is 0 Å². The van der Waals surface area contributed by atoms with Gasteiger partial charge in [-0.2, -0.15) is 0 Å². The van der Waals surface area contributed by atoms with Crippen molar-refractivity contribution < 1.29 is 0 Å². The summed E-state index contributed by atoms with van der Waals surface area (Å²) >= 11 is 5.63. The Morgan fingerprint density at radius 2 is 1.70 bits per heavy atom. The number of piperazine rings is 1. The van der Waals surface area contributed by atoms with Crippen LogP contribution < -0.4 is 10.2 Å². The van der Waals surface area contributed by atoms with Crippen molar-refractivity contribution >= 4 is 55.7 Å². The van der Waals surface area contributed by atoms with Crippen molar-refractivity contribution in [3.63, 3.8) is 0 Å². The van der Waals surface area contributed by atoms with Crippen molar-refractivity contribution in [2.75, 3.05) is 29.9 Å². The summed E-state index contributed by atoms with van der Waals surface area (Å²) in [5, 5.41) is 4.15. The van der Waals surface area contributed by atoms with Gasteiger partial charge >= 0.3 is 40.8 Å². The molecule has 1 saturated heterocycles. The van der Waals surface area contributed by atoms with Crippen LogP contribution in [0.25, 0.3) is 0 Å². The van der Waals surface area contributed by atoms with Gasteiger partial charge in [-0.15, -0.1) is 0 Å². The minimum absolute atomic E-state index is 0.339. The molecule has 0 saturated carbocycles. The number of aromatic nitrogens is 1. The van der Waals surface area contributed by atoms with Gasteiger partial charge in [0.2, 0.25) is 0 Å². The van der Waals surface area contributed by atoms with Crippen LogP contribution in [0.15, 0.2) is 42.6 Å². The number of nitrogens with zero attached hydrogens (tertiary/aromatic N) is 3. The van der Waals surface area contributed by atoms with Gasteiger partial charge in [-0.25, -0.2) is 4.98 Å². The van der Waals surface area contributed by atoms with Gasteiger partial charge in [0.15, 0.2) is 5.11 Å². The van der Waals surface area contributed by atoms with E-state index in [2.05, 4.69) is 71.2 Å². The number of benzene rings is 1. The Morgan fingerprint density at radius 1 is 1.10 bits per heavy atom. The summed E-state index contributed by atoms with van der Waals surface area (Å²) in [6, 6.07) is 12.8. The van der Waals surface area contributed by atoms with Gasteiger partial charge in [-0.05, 0) is 56.8 Å². The van der Waals surface area contributed by atoms with E-state index in [1.807, 2.05) is 12.3 Å². The summed E-state index contributed by atoms with van der Waals surface area (Å²) in [6.07, 6.45) is 1.86. The van der Waals surface area contributed by atoms with E-state index >= 15 is 0 Å². The van der Waals surface area contributed by atoms with Gasteiger partial charge in [0.05, 0.1) is 0 Å². The molecule has 1 N–H and O–H groups in total. The molecule has 1 aliphatic heterocycles. The Hall–Kier alpha value is -2.27. The van der Waals surface area contributed by atoms with Crippen LogP contribution >= 0.6 is 12.2 Å². The molecule has 4 nitrogen and oxygen atoms in total. The topological polar surface area (TPSA) is 31.4 Å². The predicted octanol–water partition coefficient (Wildman–Crippen LogP) is 3.56. The molecule has 0 amide bonds. The van der Waals surface area contributed by atoms with E-state index in [1.165, 1.54) is 23.1 Å². The van der Waals surface area contributed by atoms with Crippen LogP contribution in [-0.2, 0) is 0 Å². The van der Waals surface area contributed by atoms with E-state index < -0.39 is 0 Å². The molecule has 0 bridgehead atoms. The molecule has 2 aromatic rings. The second kappa shape index (κ2) is 13.9. The van der Waals surface area contributed by atoms with Crippen molar-refractivity contribution in [3.8, 4) is 0 Å². The van der Waals surface area contributed by atoms with Crippen LogP contribution in [0, 0.1) is 13.8 Å². The van der Waals surface area contributed by atoms with Crippen LogP contribution in [0.1, 0.15) is 31.9 Å². The van der Waals surface area contributed by atoms with Crippen molar-refractivity contribution in [1.82, 2.24) is 9.88 Å². The first-order chi connectivity index (χ1) is 14.4. The third-order valence-electron chi connectivity index (χ3n) is 4.47. The molecule has 1 aromatic carbocycles. The molecular formula is C23H32B2N4S. The first-order valence-electron chi connectivity index (χ1n) is 10.2. The van der Waals surface area contributed by atoms with Crippen molar-refractivity contribution in [1.29, 1.82) is 0 Å². The number of nitrogens with one attached hydrogen (secondary N) is 1. The molecule has 156 valence electrons. The number of pyridine rings is 1. The number of hydrogen-bond donors (Lipinski definition) is 1. The quantitative estimate of drug-likeness (QED) is 0.596. The van der Waals surface area contributed by atoms with Gasteiger partial charge in [0.25, 0.3) is 0 Å². The number of rotatable bonds is 2. The molecule has 1 aromatic heterocycles. The molecule has 0 aliphatic carbocycles. The average molecular weight is 418 g/mol. The average Bonchev–Trinajstić information content (AvgIpc) is 2.71. The van der Waals surface area contributed by atoms with E-state index in [0.29, 0.717) is 6.04 Å². The van der Waals surface area contributed by atoms with E-state index in [4.69, 9.17) is 27.2 Å². The summed E-state index contributed by atoms with van der Waals surface area (Å²) in [5.41, 5.74) is 3.51. The first kappa shape index (κ1) is 25.8. The molecular weight excluding hydrogens is 386 g/mol. The zero-order chi connectivity index (χ0) is 22.5. The molecule has 3 rings (SSSR count). The van der Waals surface area contributed by atoms with E-state index in [1.54, 1.807) is 13.8 Å². The first-order valence-corrected chi connectivity index (χ1v) is 10.6. The number of aryl methyl sites for hydroxylation is 2. The van der Waals surface area contributed by atoms with Gasteiger partial charge in [0, 0.05) is 37.6 Å². The monoisotopic (exact) mass is 418 g/mol. The molecule has 7 heteroatoms. The van der Waals surface area contributed by atoms with Crippen molar-refractivity contribution in [3.05, 3.63) is 53.7 Å². The summed E-state index contributed by atoms with van der Waals surface area (Å²) in [5.74, 6) is 4.08. The van der Waals surface area contributed by atoms with Crippen LogP contribution in [0.5, 0.6) is 0 Å². The van der Waals surface area contributed by atoms with Crippen LogP contribution in [0.2, 0.25) is 0 Å². The molecule has 0 spiro atoms. The third kappa shape index (κ3) is 8.23. The second-order valence-corrected chi connectivity index (χ2v) is 7.48. The fourth-order valence-electron chi connectivity index (χ4n) is 3.09. The molecule has 30 heavy (non-hydrogen) atoms. The minimum atomic E-state index is 0.339. The Bertz CT molecular complexity index is 805. The van der Waals surface area contributed by atoms with E-state index in [0.717, 1.165) is 36.3 Å². The molecule has 1 unspecified atom stereocenters. The van der Waals surface area contributed by atoms with Crippen LogP contribution in [0.4, 0.5) is 11.5 Å². The van der Waals surface area contributed by atoms with Gasteiger partial charge in [-0.1, -0.05) is 23.8 Å². The third-order valence-corrected chi connectivity index (χ3v) is 4.81. The van der Waals surface area contributed by atoms with E-state index in [9.17, 15) is 0 Å². The van der Waals surface area contributed by atoms with Gasteiger partial charge in [0.1, 0.15) is 5.82 Å². The standard InChI is InChI=1S/C19H24N4S.2C2H4B/c1-14-6-8-17(9-7-14)21-19(24)23-12-11-22(13-16(23)3)18-15(2)5-4-10-20-18;2*1-2-3/h4-10,16H,11-13H2,1-3H3,(H,21,24);2*2H,1H3. The Labute approximate surface area is 189 Å². The summed E-state index contributed by atoms with van der Waals surface area (Å²) in [7, 11) is 9.44.